The monoisotopic (exact) mass is 349 g/mol. The van der Waals surface area contributed by atoms with Gasteiger partial charge in [-0.2, -0.15) is 0 Å². The van der Waals surface area contributed by atoms with Gasteiger partial charge in [0, 0.05) is 23.7 Å². The molecule has 124 valence electrons. The second-order valence-electron chi connectivity index (χ2n) is 5.73. The molecule has 0 saturated heterocycles. The Hall–Kier alpha value is -2.99. The molecule has 0 aliphatic carbocycles. The van der Waals surface area contributed by atoms with Gasteiger partial charge in [-0.3, -0.25) is 14.9 Å². The molecule has 5 nitrogen and oxygen atoms in total. The predicted molar refractivity (Wildman–Crippen MR) is 96.2 cm³/mol. The number of carbonyl (C=O) groups excluding carboxylic acids is 2. The zero-order valence-electron chi connectivity index (χ0n) is 13.3. The summed E-state index contributed by atoms with van der Waals surface area (Å²) in [6.07, 6.45) is 1.63. The third-order valence-corrected chi connectivity index (χ3v) is 4.88. The topological polar surface area (TPSA) is 62.3 Å². The van der Waals surface area contributed by atoms with Gasteiger partial charge in [-0.25, -0.2) is 4.98 Å². The summed E-state index contributed by atoms with van der Waals surface area (Å²) >= 11 is 1.35. The van der Waals surface area contributed by atoms with Gasteiger partial charge in [0.25, 0.3) is 11.8 Å². The van der Waals surface area contributed by atoms with Gasteiger partial charge in [-0.1, -0.05) is 48.5 Å². The lowest BCUT2D eigenvalue weighted by atomic mass is 10.0. The lowest BCUT2D eigenvalue weighted by Gasteiger charge is -2.27. The van der Waals surface area contributed by atoms with Crippen LogP contribution in [0.25, 0.3) is 0 Å². The molecular weight excluding hydrogens is 334 g/mol. The number of aromatic nitrogens is 1. The zero-order valence-corrected chi connectivity index (χ0v) is 14.1. The van der Waals surface area contributed by atoms with Gasteiger partial charge in [0.1, 0.15) is 6.04 Å². The van der Waals surface area contributed by atoms with E-state index in [1.807, 2.05) is 48.5 Å². The maximum Gasteiger partial charge on any atom is 0.255 e. The Kier molecular flexibility index (Phi) is 4.03. The number of benzene rings is 2. The van der Waals surface area contributed by atoms with E-state index >= 15 is 0 Å². The number of thiazole rings is 1. The minimum Gasteiger partial charge on any atom is -0.318 e. The van der Waals surface area contributed by atoms with Crippen LogP contribution in [0.2, 0.25) is 0 Å². The van der Waals surface area contributed by atoms with Crippen molar-refractivity contribution >= 4 is 28.3 Å². The highest BCUT2D eigenvalue weighted by Gasteiger charge is 2.37. The number of amides is 2. The SMILES string of the molecule is O=C(Nc1nccs1)[C@H](c1ccccc1)N1Cc2ccccc2C1=O. The Labute approximate surface area is 148 Å². The molecule has 0 radical (unpaired) electrons. The normalized spacial score (nSPS) is 14.2. The summed E-state index contributed by atoms with van der Waals surface area (Å²) in [7, 11) is 0. The van der Waals surface area contributed by atoms with E-state index in [9.17, 15) is 9.59 Å². The Bertz CT molecular complexity index is 909. The largest absolute Gasteiger partial charge is 0.318 e. The Morgan fingerprint density at radius 3 is 2.60 bits per heavy atom. The first-order chi connectivity index (χ1) is 12.2. The van der Waals surface area contributed by atoms with Crippen LogP contribution in [0.3, 0.4) is 0 Å². The number of nitrogens with one attached hydrogen (secondary N) is 1. The second kappa shape index (κ2) is 6.49. The maximum absolute atomic E-state index is 13.0. The molecule has 1 N–H and O–H groups in total. The van der Waals surface area contributed by atoms with Gasteiger partial charge in [-0.05, 0) is 17.2 Å². The molecule has 2 heterocycles. The number of rotatable bonds is 4. The number of hydrogen-bond acceptors (Lipinski definition) is 4. The molecule has 1 aliphatic heterocycles. The average molecular weight is 349 g/mol. The number of fused-ring (bicyclic) bond motifs is 1. The first-order valence-electron chi connectivity index (χ1n) is 7.88. The standard InChI is InChI=1S/C19H15N3O2S/c23-17(21-19-20-10-11-25-19)16(13-6-2-1-3-7-13)22-12-14-8-4-5-9-15(14)18(22)24/h1-11,16H,12H2,(H,20,21,23)/t16-/m0/s1. The Balaban J connectivity index is 1.69. The minimum absolute atomic E-state index is 0.126. The van der Waals surface area contributed by atoms with Crippen molar-refractivity contribution in [2.75, 3.05) is 5.32 Å². The van der Waals surface area contributed by atoms with Crippen molar-refractivity contribution < 1.29 is 9.59 Å². The van der Waals surface area contributed by atoms with Crippen molar-refractivity contribution in [1.82, 2.24) is 9.88 Å². The molecule has 3 aromatic rings. The van der Waals surface area contributed by atoms with Gasteiger partial charge in [0.2, 0.25) is 0 Å². The summed E-state index contributed by atoms with van der Waals surface area (Å²) in [5.41, 5.74) is 2.37. The highest BCUT2D eigenvalue weighted by Crippen LogP contribution is 2.32. The van der Waals surface area contributed by atoms with Crippen LogP contribution in [-0.4, -0.2) is 21.7 Å². The van der Waals surface area contributed by atoms with E-state index < -0.39 is 6.04 Å². The van der Waals surface area contributed by atoms with Crippen molar-refractivity contribution in [3.05, 3.63) is 82.9 Å². The smallest absolute Gasteiger partial charge is 0.255 e. The molecule has 1 aliphatic rings. The molecule has 6 heteroatoms. The fourth-order valence-corrected chi connectivity index (χ4v) is 3.58. The summed E-state index contributed by atoms with van der Waals surface area (Å²) in [6.45, 7) is 0.417. The molecule has 2 amide bonds. The number of anilines is 1. The maximum atomic E-state index is 13.0. The first kappa shape index (κ1) is 15.5. The highest BCUT2D eigenvalue weighted by atomic mass is 32.1. The van der Waals surface area contributed by atoms with Crippen molar-refractivity contribution in [3.63, 3.8) is 0 Å². The van der Waals surface area contributed by atoms with Crippen molar-refractivity contribution in [1.29, 1.82) is 0 Å². The molecule has 1 aromatic heterocycles. The van der Waals surface area contributed by atoms with Crippen LogP contribution in [-0.2, 0) is 11.3 Å². The Morgan fingerprint density at radius 1 is 1.12 bits per heavy atom. The first-order valence-corrected chi connectivity index (χ1v) is 8.76. The second-order valence-corrected chi connectivity index (χ2v) is 6.62. The molecule has 2 aromatic carbocycles. The van der Waals surface area contributed by atoms with E-state index in [1.54, 1.807) is 22.5 Å². The van der Waals surface area contributed by atoms with Crippen LogP contribution in [0.1, 0.15) is 27.5 Å². The van der Waals surface area contributed by atoms with E-state index in [0.29, 0.717) is 17.2 Å². The molecule has 25 heavy (non-hydrogen) atoms. The third kappa shape index (κ3) is 2.92. The predicted octanol–water partition coefficient (Wildman–Crippen LogP) is 3.48. The molecule has 0 saturated carbocycles. The molecule has 1 atom stereocenters. The molecule has 0 spiro atoms. The molecule has 0 unspecified atom stereocenters. The van der Waals surface area contributed by atoms with Gasteiger partial charge < -0.3 is 4.90 Å². The van der Waals surface area contributed by atoms with Crippen LogP contribution >= 0.6 is 11.3 Å². The van der Waals surface area contributed by atoms with E-state index in [0.717, 1.165) is 11.1 Å². The summed E-state index contributed by atoms with van der Waals surface area (Å²) in [5, 5.41) is 5.14. The number of carbonyl (C=O) groups is 2. The van der Waals surface area contributed by atoms with Crippen LogP contribution in [0.4, 0.5) is 5.13 Å². The van der Waals surface area contributed by atoms with E-state index in [1.165, 1.54) is 11.3 Å². The molecule has 0 bridgehead atoms. The lowest BCUT2D eigenvalue weighted by Crippen LogP contribution is -2.37. The number of hydrogen-bond donors (Lipinski definition) is 1. The summed E-state index contributed by atoms with van der Waals surface area (Å²) in [4.78, 5) is 31.5. The van der Waals surface area contributed by atoms with Gasteiger partial charge in [0.15, 0.2) is 5.13 Å². The van der Waals surface area contributed by atoms with Crippen LogP contribution in [0.15, 0.2) is 66.2 Å². The van der Waals surface area contributed by atoms with Crippen LogP contribution in [0.5, 0.6) is 0 Å². The summed E-state index contributed by atoms with van der Waals surface area (Å²) in [5.74, 6) is -0.388. The lowest BCUT2D eigenvalue weighted by molar-refractivity contribution is -0.120. The zero-order chi connectivity index (χ0) is 17.2. The van der Waals surface area contributed by atoms with E-state index in [2.05, 4.69) is 10.3 Å². The van der Waals surface area contributed by atoms with Crippen LogP contribution in [0, 0.1) is 0 Å². The van der Waals surface area contributed by atoms with E-state index in [-0.39, 0.29) is 11.8 Å². The molecule has 0 fully saturated rings. The van der Waals surface area contributed by atoms with Crippen molar-refractivity contribution in [3.8, 4) is 0 Å². The van der Waals surface area contributed by atoms with E-state index in [4.69, 9.17) is 0 Å². The quantitative estimate of drug-likeness (QED) is 0.784. The summed E-state index contributed by atoms with van der Waals surface area (Å²) in [6, 6.07) is 16.1. The van der Waals surface area contributed by atoms with Crippen LogP contribution < -0.4 is 5.32 Å². The van der Waals surface area contributed by atoms with Gasteiger partial charge >= 0.3 is 0 Å². The van der Waals surface area contributed by atoms with Crippen molar-refractivity contribution in [2.45, 2.75) is 12.6 Å². The molecule has 4 rings (SSSR count). The third-order valence-electron chi connectivity index (χ3n) is 4.19. The fourth-order valence-electron chi connectivity index (χ4n) is 3.05. The average Bonchev–Trinajstić information content (AvgIpc) is 3.25. The van der Waals surface area contributed by atoms with Gasteiger partial charge in [0.05, 0.1) is 0 Å². The Morgan fingerprint density at radius 2 is 1.88 bits per heavy atom. The minimum atomic E-state index is -0.704. The van der Waals surface area contributed by atoms with Crippen molar-refractivity contribution in [2.24, 2.45) is 0 Å². The fraction of sp³-hybridized carbons (Fsp3) is 0.105. The van der Waals surface area contributed by atoms with Gasteiger partial charge in [-0.15, -0.1) is 11.3 Å². The molecular formula is C19H15N3O2S. The summed E-state index contributed by atoms with van der Waals surface area (Å²) < 4.78 is 0. The highest BCUT2D eigenvalue weighted by molar-refractivity contribution is 7.13. The number of nitrogens with zero attached hydrogens (tertiary/aromatic N) is 2.